The Hall–Kier alpha value is -1.75. The minimum absolute atomic E-state index is 0. The molecule has 1 aliphatic rings. The van der Waals surface area contributed by atoms with Crippen molar-refractivity contribution < 1.29 is 14.3 Å². The summed E-state index contributed by atoms with van der Waals surface area (Å²) in [5.74, 6) is 2.02. The fourth-order valence-corrected chi connectivity index (χ4v) is 3.03. The Kier molecular flexibility index (Phi) is 11.0. The lowest BCUT2D eigenvalue weighted by atomic mass is 10.1. The van der Waals surface area contributed by atoms with Gasteiger partial charge in [0.15, 0.2) is 5.96 Å². The van der Waals surface area contributed by atoms with Crippen molar-refractivity contribution in [1.29, 1.82) is 0 Å². The van der Waals surface area contributed by atoms with E-state index in [9.17, 15) is 4.79 Å². The number of amides is 1. The molecule has 0 bridgehead atoms. The van der Waals surface area contributed by atoms with Gasteiger partial charge in [0.25, 0.3) is 0 Å². The largest absolute Gasteiger partial charge is 0.497 e. The third kappa shape index (κ3) is 8.51. The van der Waals surface area contributed by atoms with Crippen molar-refractivity contribution in [2.24, 2.45) is 10.7 Å². The molecule has 9 heteroatoms. The smallest absolute Gasteiger partial charge is 0.231 e. The molecule has 1 heterocycles. The molecule has 1 saturated heterocycles. The van der Waals surface area contributed by atoms with Crippen LogP contribution in [0.4, 0.5) is 0 Å². The lowest BCUT2D eigenvalue weighted by Crippen LogP contribution is -2.50. The van der Waals surface area contributed by atoms with Crippen molar-refractivity contribution in [3.05, 3.63) is 24.3 Å². The Bertz CT molecular complexity index is 636. The monoisotopic (exact) mass is 505 g/mol. The normalized spacial score (nSPS) is 16.6. The highest BCUT2D eigenvalue weighted by Crippen LogP contribution is 2.19. The first-order valence-corrected chi connectivity index (χ1v) is 9.28. The highest BCUT2D eigenvalue weighted by molar-refractivity contribution is 14.0. The van der Waals surface area contributed by atoms with E-state index < -0.39 is 0 Å². The number of nitrogens with two attached hydrogens (primary N) is 1. The third-order valence-electron chi connectivity index (χ3n) is 4.47. The molecule has 1 aromatic carbocycles. The molecule has 4 N–H and O–H groups in total. The zero-order chi connectivity index (χ0) is 19.6. The molecule has 0 aliphatic carbocycles. The summed E-state index contributed by atoms with van der Waals surface area (Å²) < 4.78 is 11.1. The minimum Gasteiger partial charge on any atom is -0.497 e. The van der Waals surface area contributed by atoms with E-state index in [1.54, 1.807) is 14.2 Å². The number of guanidine groups is 1. The lowest BCUT2D eigenvalue weighted by molar-refractivity contribution is -0.119. The zero-order valence-electron chi connectivity index (χ0n) is 16.8. The first-order chi connectivity index (χ1) is 13.0. The van der Waals surface area contributed by atoms with Crippen LogP contribution in [0, 0.1) is 0 Å². The van der Waals surface area contributed by atoms with E-state index in [4.69, 9.17) is 15.2 Å². The molecule has 0 spiro atoms. The van der Waals surface area contributed by atoms with Gasteiger partial charge in [0.1, 0.15) is 17.6 Å². The number of nitrogens with zero attached hydrogens (tertiary/aromatic N) is 2. The topological polar surface area (TPSA) is 101 Å². The maximum atomic E-state index is 11.0. The standard InChI is InChI=1S/C19H31N5O3.HI/c1-14(27-17-6-4-5-16(11-17)26-3)12-22-19(21-2)23-15-7-9-24(10-8-15)13-18(20)25;/h4-6,11,14-15H,7-10,12-13H2,1-3H3,(H2,20,25)(H2,21,22,23);1H. The number of carbonyl (C=O) groups excluding carboxylic acids is 1. The number of halogens is 1. The van der Waals surface area contributed by atoms with Crippen molar-refractivity contribution >= 4 is 35.8 Å². The van der Waals surface area contributed by atoms with E-state index in [0.29, 0.717) is 19.1 Å². The van der Waals surface area contributed by atoms with Gasteiger partial charge in [-0.05, 0) is 31.9 Å². The molecular weight excluding hydrogens is 473 g/mol. The zero-order valence-corrected chi connectivity index (χ0v) is 19.1. The van der Waals surface area contributed by atoms with Crippen LogP contribution in [0.25, 0.3) is 0 Å². The Morgan fingerprint density at radius 2 is 2.04 bits per heavy atom. The van der Waals surface area contributed by atoms with Crippen molar-refractivity contribution in [2.45, 2.75) is 31.9 Å². The summed E-state index contributed by atoms with van der Waals surface area (Å²) in [5.41, 5.74) is 5.26. The SMILES string of the molecule is CN=C(NCC(C)Oc1cccc(OC)c1)NC1CCN(CC(N)=O)CC1.I. The van der Waals surface area contributed by atoms with E-state index in [1.165, 1.54) is 0 Å². The molecule has 1 amide bonds. The average Bonchev–Trinajstić information content (AvgIpc) is 2.66. The number of ether oxygens (including phenoxy) is 2. The maximum Gasteiger partial charge on any atom is 0.231 e. The van der Waals surface area contributed by atoms with Crippen LogP contribution >= 0.6 is 24.0 Å². The summed E-state index contributed by atoms with van der Waals surface area (Å²) >= 11 is 0. The van der Waals surface area contributed by atoms with Gasteiger partial charge in [0, 0.05) is 32.2 Å². The molecule has 0 saturated carbocycles. The van der Waals surface area contributed by atoms with E-state index in [0.717, 1.165) is 43.4 Å². The van der Waals surface area contributed by atoms with Gasteiger partial charge in [-0.2, -0.15) is 0 Å². The van der Waals surface area contributed by atoms with E-state index in [2.05, 4.69) is 20.5 Å². The number of hydrogen-bond acceptors (Lipinski definition) is 5. The molecule has 1 aromatic rings. The highest BCUT2D eigenvalue weighted by atomic mass is 127. The molecule has 8 nitrogen and oxygen atoms in total. The first-order valence-electron chi connectivity index (χ1n) is 9.28. The number of nitrogens with one attached hydrogen (secondary N) is 2. The van der Waals surface area contributed by atoms with Crippen molar-refractivity contribution in [3.8, 4) is 11.5 Å². The summed E-state index contributed by atoms with van der Waals surface area (Å²) in [6, 6.07) is 7.89. The number of benzene rings is 1. The van der Waals surface area contributed by atoms with Gasteiger partial charge in [0.05, 0.1) is 20.2 Å². The van der Waals surface area contributed by atoms with Gasteiger partial charge in [-0.15, -0.1) is 24.0 Å². The van der Waals surface area contributed by atoms with Crippen LogP contribution in [-0.2, 0) is 4.79 Å². The quantitative estimate of drug-likeness (QED) is 0.279. The van der Waals surface area contributed by atoms with Crippen LogP contribution < -0.4 is 25.8 Å². The van der Waals surface area contributed by atoms with E-state index >= 15 is 0 Å². The van der Waals surface area contributed by atoms with E-state index in [1.807, 2.05) is 31.2 Å². The first kappa shape index (κ1) is 24.3. The highest BCUT2D eigenvalue weighted by Gasteiger charge is 2.21. The van der Waals surface area contributed by atoms with Crippen molar-refractivity contribution in [3.63, 3.8) is 0 Å². The van der Waals surface area contributed by atoms with Gasteiger partial charge < -0.3 is 25.8 Å². The van der Waals surface area contributed by atoms with Gasteiger partial charge in [-0.1, -0.05) is 6.07 Å². The lowest BCUT2D eigenvalue weighted by Gasteiger charge is -2.32. The van der Waals surface area contributed by atoms with Crippen LogP contribution in [0.3, 0.4) is 0 Å². The van der Waals surface area contributed by atoms with Gasteiger partial charge in [-0.3, -0.25) is 14.7 Å². The van der Waals surface area contributed by atoms with Crippen LogP contribution in [0.15, 0.2) is 29.3 Å². The van der Waals surface area contributed by atoms with E-state index in [-0.39, 0.29) is 36.0 Å². The number of methoxy groups -OCH3 is 1. The summed E-state index contributed by atoms with van der Waals surface area (Å²) in [7, 11) is 3.39. The van der Waals surface area contributed by atoms with Gasteiger partial charge in [-0.25, -0.2) is 0 Å². The number of hydrogen-bond donors (Lipinski definition) is 3. The predicted octanol–water partition coefficient (Wildman–Crippen LogP) is 1.20. The molecule has 1 unspecified atom stereocenters. The molecule has 0 radical (unpaired) electrons. The number of aliphatic imine (C=N–C) groups is 1. The fraction of sp³-hybridized carbons (Fsp3) is 0.579. The predicted molar refractivity (Wildman–Crippen MR) is 122 cm³/mol. The summed E-state index contributed by atoms with van der Waals surface area (Å²) in [6.45, 7) is 4.66. The Morgan fingerprint density at radius 3 is 2.64 bits per heavy atom. The van der Waals surface area contributed by atoms with Crippen LogP contribution in [0.1, 0.15) is 19.8 Å². The molecule has 0 aromatic heterocycles. The third-order valence-corrected chi connectivity index (χ3v) is 4.47. The Morgan fingerprint density at radius 1 is 1.36 bits per heavy atom. The Balaban J connectivity index is 0.00000392. The van der Waals surface area contributed by atoms with Crippen LogP contribution in [-0.4, -0.2) is 69.2 Å². The summed E-state index contributed by atoms with van der Waals surface area (Å²) in [6.07, 6.45) is 1.86. The second kappa shape index (κ2) is 12.7. The molecule has 1 fully saturated rings. The van der Waals surface area contributed by atoms with Crippen LogP contribution in [0.5, 0.6) is 11.5 Å². The number of likely N-dealkylation sites (tertiary alicyclic amines) is 1. The number of carbonyl (C=O) groups is 1. The van der Waals surface area contributed by atoms with Gasteiger partial charge >= 0.3 is 0 Å². The molecule has 2 rings (SSSR count). The molecular formula is C19H32IN5O3. The molecule has 1 atom stereocenters. The molecule has 28 heavy (non-hydrogen) atoms. The maximum absolute atomic E-state index is 11.0. The van der Waals surface area contributed by atoms with Gasteiger partial charge in [0.2, 0.25) is 5.91 Å². The van der Waals surface area contributed by atoms with Crippen molar-refractivity contribution in [2.75, 3.05) is 40.3 Å². The summed E-state index contributed by atoms with van der Waals surface area (Å²) in [5, 5.41) is 6.74. The number of piperidine rings is 1. The number of rotatable bonds is 8. The average molecular weight is 505 g/mol. The molecule has 1 aliphatic heterocycles. The number of primary amides is 1. The Labute approximate surface area is 184 Å². The van der Waals surface area contributed by atoms with Crippen molar-refractivity contribution in [1.82, 2.24) is 15.5 Å². The van der Waals surface area contributed by atoms with Crippen LogP contribution in [0.2, 0.25) is 0 Å². The fourth-order valence-electron chi connectivity index (χ4n) is 3.03. The minimum atomic E-state index is -0.274. The second-order valence-electron chi connectivity index (χ2n) is 6.72. The second-order valence-corrected chi connectivity index (χ2v) is 6.72. The summed E-state index contributed by atoms with van der Waals surface area (Å²) in [4.78, 5) is 17.4. The molecule has 158 valence electrons.